The fourth-order valence-electron chi connectivity index (χ4n) is 1.95. The van der Waals surface area contributed by atoms with Gasteiger partial charge in [0.15, 0.2) is 5.96 Å². The lowest BCUT2D eigenvalue weighted by atomic mass is 10.0. The first-order valence-electron chi connectivity index (χ1n) is 8.36. The summed E-state index contributed by atoms with van der Waals surface area (Å²) in [6, 6.07) is 0. The smallest absolute Gasteiger partial charge is 0.191 e. The second-order valence-corrected chi connectivity index (χ2v) is 5.32. The van der Waals surface area contributed by atoms with Crippen molar-refractivity contribution in [2.45, 2.75) is 40.2 Å². The lowest BCUT2D eigenvalue weighted by molar-refractivity contribution is 0.0266. The van der Waals surface area contributed by atoms with Crippen molar-refractivity contribution >= 4 is 5.96 Å². The van der Waals surface area contributed by atoms with Crippen LogP contribution in [0.3, 0.4) is 0 Å². The third-order valence-corrected chi connectivity index (χ3v) is 3.12. The van der Waals surface area contributed by atoms with Gasteiger partial charge in [-0.2, -0.15) is 0 Å². The van der Waals surface area contributed by atoms with Gasteiger partial charge in [0.25, 0.3) is 0 Å². The summed E-state index contributed by atoms with van der Waals surface area (Å²) in [6.07, 6.45) is 1.21. The van der Waals surface area contributed by atoms with Gasteiger partial charge in [0, 0.05) is 33.4 Å². The van der Waals surface area contributed by atoms with Crippen LogP contribution in [0.2, 0.25) is 0 Å². The molecule has 6 nitrogen and oxygen atoms in total. The van der Waals surface area contributed by atoms with Crippen molar-refractivity contribution in [3.05, 3.63) is 0 Å². The highest BCUT2D eigenvalue weighted by molar-refractivity contribution is 5.79. The fraction of sp³-hybridized carbons (Fsp3) is 0.938. The van der Waals surface area contributed by atoms with Crippen LogP contribution >= 0.6 is 0 Å². The summed E-state index contributed by atoms with van der Waals surface area (Å²) in [5.74, 6) is 1.34. The number of hydrogen-bond donors (Lipinski definition) is 2. The minimum Gasteiger partial charge on any atom is -0.382 e. The number of nitrogens with one attached hydrogen (secondary N) is 2. The maximum absolute atomic E-state index is 5.74. The molecular weight excluding hydrogens is 282 g/mol. The first-order valence-corrected chi connectivity index (χ1v) is 8.36. The van der Waals surface area contributed by atoms with Gasteiger partial charge in [-0.3, -0.25) is 4.99 Å². The summed E-state index contributed by atoms with van der Waals surface area (Å²) in [4.78, 5) is 4.59. The molecular formula is C16H35N3O3. The van der Waals surface area contributed by atoms with E-state index in [1.54, 1.807) is 7.11 Å². The molecule has 2 N–H and O–H groups in total. The van der Waals surface area contributed by atoms with E-state index in [1.165, 1.54) is 0 Å². The Morgan fingerprint density at radius 2 is 1.86 bits per heavy atom. The van der Waals surface area contributed by atoms with Crippen LogP contribution in [0.4, 0.5) is 0 Å². The van der Waals surface area contributed by atoms with Crippen molar-refractivity contribution in [2.24, 2.45) is 10.9 Å². The molecule has 0 saturated carbocycles. The molecule has 0 amide bonds. The predicted octanol–water partition coefficient (Wildman–Crippen LogP) is 1.66. The minimum atomic E-state index is 0.272. The van der Waals surface area contributed by atoms with E-state index < -0.39 is 0 Å². The van der Waals surface area contributed by atoms with Crippen LogP contribution in [0.15, 0.2) is 4.99 Å². The zero-order chi connectivity index (χ0) is 16.6. The van der Waals surface area contributed by atoms with Gasteiger partial charge in [0.2, 0.25) is 0 Å². The van der Waals surface area contributed by atoms with E-state index in [4.69, 9.17) is 14.2 Å². The van der Waals surface area contributed by atoms with E-state index in [0.29, 0.717) is 25.7 Å². The Kier molecular flexibility index (Phi) is 14.5. The maximum Gasteiger partial charge on any atom is 0.191 e. The summed E-state index contributed by atoms with van der Waals surface area (Å²) < 4.78 is 16.1. The van der Waals surface area contributed by atoms with E-state index in [9.17, 15) is 0 Å². The Bertz CT molecular complexity index is 273. The standard InChI is InChI=1S/C16H35N3O3/c1-6-17-16(19-10-11-21-13-12-20-5)18-9-8-15(14(3)4)22-7-2/h14-15H,6-13H2,1-5H3,(H2,17,18,19). The minimum absolute atomic E-state index is 0.272. The lowest BCUT2D eigenvalue weighted by Crippen LogP contribution is -2.39. The summed E-state index contributed by atoms with van der Waals surface area (Å²) in [6.45, 7) is 13.4. The highest BCUT2D eigenvalue weighted by Gasteiger charge is 2.12. The SMILES string of the molecule is CCNC(=NCCC(OCC)C(C)C)NCCOCCOC. The number of rotatable bonds is 13. The van der Waals surface area contributed by atoms with E-state index >= 15 is 0 Å². The van der Waals surface area contributed by atoms with Gasteiger partial charge in [-0.05, 0) is 26.2 Å². The number of hydrogen-bond acceptors (Lipinski definition) is 4. The molecule has 132 valence electrons. The van der Waals surface area contributed by atoms with E-state index in [1.807, 2.05) is 6.92 Å². The van der Waals surface area contributed by atoms with Gasteiger partial charge < -0.3 is 24.8 Å². The molecule has 0 aromatic rings. The Labute approximate surface area is 136 Å². The molecule has 1 atom stereocenters. The molecule has 0 rings (SSSR count). The summed E-state index contributed by atoms with van der Waals surface area (Å²) in [5, 5.41) is 6.50. The Morgan fingerprint density at radius 1 is 1.09 bits per heavy atom. The molecule has 0 aliphatic carbocycles. The van der Waals surface area contributed by atoms with E-state index in [0.717, 1.165) is 38.6 Å². The van der Waals surface area contributed by atoms with Gasteiger partial charge in [0.1, 0.15) is 0 Å². The average Bonchev–Trinajstić information content (AvgIpc) is 2.49. The van der Waals surface area contributed by atoms with Crippen molar-refractivity contribution < 1.29 is 14.2 Å². The quantitative estimate of drug-likeness (QED) is 0.307. The largest absolute Gasteiger partial charge is 0.382 e. The van der Waals surface area contributed by atoms with Crippen molar-refractivity contribution in [1.82, 2.24) is 10.6 Å². The summed E-state index contributed by atoms with van der Waals surface area (Å²) in [5.41, 5.74) is 0. The van der Waals surface area contributed by atoms with Crippen LogP contribution in [0, 0.1) is 5.92 Å². The molecule has 0 aromatic heterocycles. The van der Waals surface area contributed by atoms with Crippen molar-refractivity contribution in [3.8, 4) is 0 Å². The number of nitrogens with zero attached hydrogens (tertiary/aromatic N) is 1. The van der Waals surface area contributed by atoms with Crippen LogP contribution < -0.4 is 10.6 Å². The first-order chi connectivity index (χ1) is 10.7. The van der Waals surface area contributed by atoms with Crippen LogP contribution in [-0.4, -0.2) is 65.2 Å². The van der Waals surface area contributed by atoms with Crippen LogP contribution in [0.25, 0.3) is 0 Å². The Morgan fingerprint density at radius 3 is 2.45 bits per heavy atom. The van der Waals surface area contributed by atoms with E-state index in [2.05, 4.69) is 36.4 Å². The van der Waals surface area contributed by atoms with Gasteiger partial charge >= 0.3 is 0 Å². The molecule has 0 heterocycles. The fourth-order valence-corrected chi connectivity index (χ4v) is 1.95. The highest BCUT2D eigenvalue weighted by Crippen LogP contribution is 2.10. The second-order valence-electron chi connectivity index (χ2n) is 5.32. The van der Waals surface area contributed by atoms with Crippen molar-refractivity contribution in [2.75, 3.05) is 53.2 Å². The molecule has 0 radical (unpaired) electrons. The van der Waals surface area contributed by atoms with Crippen LogP contribution in [0.5, 0.6) is 0 Å². The predicted molar refractivity (Wildman–Crippen MR) is 91.5 cm³/mol. The zero-order valence-corrected chi connectivity index (χ0v) is 15.0. The Hall–Kier alpha value is -0.850. The van der Waals surface area contributed by atoms with Gasteiger partial charge in [0.05, 0.1) is 25.9 Å². The summed E-state index contributed by atoms with van der Waals surface area (Å²) >= 11 is 0. The maximum atomic E-state index is 5.74. The Balaban J connectivity index is 4.02. The lowest BCUT2D eigenvalue weighted by Gasteiger charge is -2.20. The van der Waals surface area contributed by atoms with Crippen molar-refractivity contribution in [1.29, 1.82) is 0 Å². The van der Waals surface area contributed by atoms with Gasteiger partial charge in [-0.25, -0.2) is 0 Å². The molecule has 0 aliphatic heterocycles. The molecule has 1 unspecified atom stereocenters. The van der Waals surface area contributed by atoms with Gasteiger partial charge in [-0.1, -0.05) is 13.8 Å². The zero-order valence-electron chi connectivity index (χ0n) is 15.0. The first kappa shape index (κ1) is 21.1. The number of methoxy groups -OCH3 is 1. The molecule has 0 saturated heterocycles. The third-order valence-electron chi connectivity index (χ3n) is 3.12. The number of aliphatic imine (C=N–C) groups is 1. The van der Waals surface area contributed by atoms with Crippen LogP contribution in [0.1, 0.15) is 34.1 Å². The molecule has 0 bridgehead atoms. The normalized spacial score (nSPS) is 13.5. The molecule has 0 fully saturated rings. The highest BCUT2D eigenvalue weighted by atomic mass is 16.5. The number of ether oxygens (including phenoxy) is 3. The molecule has 6 heteroatoms. The summed E-state index contributed by atoms with van der Waals surface area (Å²) in [7, 11) is 1.67. The van der Waals surface area contributed by atoms with E-state index in [-0.39, 0.29) is 6.10 Å². The second kappa shape index (κ2) is 15.1. The monoisotopic (exact) mass is 317 g/mol. The molecule has 0 aliphatic rings. The van der Waals surface area contributed by atoms with Crippen LogP contribution in [-0.2, 0) is 14.2 Å². The molecule has 0 aromatic carbocycles. The third kappa shape index (κ3) is 11.8. The van der Waals surface area contributed by atoms with Gasteiger partial charge in [-0.15, -0.1) is 0 Å². The molecule has 0 spiro atoms. The molecule has 22 heavy (non-hydrogen) atoms. The topological polar surface area (TPSA) is 64.1 Å². The average molecular weight is 317 g/mol. The van der Waals surface area contributed by atoms with Crippen molar-refractivity contribution in [3.63, 3.8) is 0 Å². The number of guanidine groups is 1.